The summed E-state index contributed by atoms with van der Waals surface area (Å²) in [5, 5.41) is 9.29. The van der Waals surface area contributed by atoms with Crippen LogP contribution in [-0.4, -0.2) is 16.8 Å². The molecule has 0 amide bonds. The van der Waals surface area contributed by atoms with Crippen molar-refractivity contribution in [3.8, 4) is 0 Å². The molecule has 0 fully saturated rings. The van der Waals surface area contributed by atoms with Crippen LogP contribution >= 0.6 is 11.8 Å². The van der Waals surface area contributed by atoms with Gasteiger partial charge in [-0.15, -0.1) is 11.8 Å². The Bertz CT molecular complexity index is 904. The predicted octanol–water partition coefficient (Wildman–Crippen LogP) is 8.56. The molecule has 182 valence electrons. The summed E-state index contributed by atoms with van der Waals surface area (Å²) in [6, 6.07) is 19.7. The van der Waals surface area contributed by atoms with Crippen LogP contribution in [0.3, 0.4) is 0 Å². The van der Waals surface area contributed by atoms with Gasteiger partial charge in [0.05, 0.1) is 11.2 Å². The van der Waals surface area contributed by atoms with Crippen molar-refractivity contribution >= 4 is 17.7 Å². The molecule has 34 heavy (non-hydrogen) atoms. The highest BCUT2D eigenvalue weighted by Gasteiger charge is 2.41. The molecule has 2 aromatic carbocycles. The summed E-state index contributed by atoms with van der Waals surface area (Å²) in [5.74, 6) is 0.0162. The van der Waals surface area contributed by atoms with Crippen LogP contribution in [0.5, 0.6) is 0 Å². The van der Waals surface area contributed by atoms with Crippen molar-refractivity contribution < 1.29 is 9.90 Å². The third kappa shape index (κ3) is 7.37. The predicted molar refractivity (Wildman–Crippen MR) is 146 cm³/mol. The van der Waals surface area contributed by atoms with Crippen LogP contribution in [-0.2, 0) is 16.0 Å². The summed E-state index contributed by atoms with van der Waals surface area (Å²) in [7, 11) is 0. The maximum atomic E-state index is 11.3. The van der Waals surface area contributed by atoms with E-state index in [4.69, 9.17) is 0 Å². The van der Waals surface area contributed by atoms with Crippen molar-refractivity contribution in [1.29, 1.82) is 0 Å². The van der Waals surface area contributed by atoms with Crippen LogP contribution in [0.25, 0.3) is 0 Å². The number of benzene rings is 2. The van der Waals surface area contributed by atoms with Crippen molar-refractivity contribution in [3.63, 3.8) is 0 Å². The van der Waals surface area contributed by atoms with Crippen LogP contribution in [0.15, 0.2) is 78.9 Å². The fourth-order valence-electron chi connectivity index (χ4n) is 4.88. The third-order valence-electron chi connectivity index (χ3n) is 6.77. The summed E-state index contributed by atoms with van der Waals surface area (Å²) < 4.78 is -0.336. The Morgan fingerprint density at radius 2 is 1.41 bits per heavy atom. The molecule has 1 aliphatic rings. The van der Waals surface area contributed by atoms with Crippen LogP contribution in [0, 0.1) is 5.92 Å². The fraction of sp³-hybridized carbons (Fsp3) is 0.452. The minimum absolute atomic E-state index is 0.163. The Balaban J connectivity index is 1.72. The van der Waals surface area contributed by atoms with Crippen molar-refractivity contribution in [2.24, 2.45) is 5.92 Å². The fourth-order valence-corrected chi connectivity index (χ4v) is 6.44. The molecule has 0 bridgehead atoms. The van der Waals surface area contributed by atoms with Crippen molar-refractivity contribution in [3.05, 3.63) is 95.6 Å². The Morgan fingerprint density at radius 1 is 0.824 bits per heavy atom. The molecule has 0 aliphatic heterocycles. The van der Waals surface area contributed by atoms with Gasteiger partial charge in [-0.1, -0.05) is 131 Å². The molecule has 0 aromatic heterocycles. The van der Waals surface area contributed by atoms with Gasteiger partial charge in [0.2, 0.25) is 0 Å². The number of rotatable bonds is 16. The van der Waals surface area contributed by atoms with Gasteiger partial charge in [0.15, 0.2) is 0 Å². The Morgan fingerprint density at radius 3 is 2.03 bits per heavy atom. The van der Waals surface area contributed by atoms with Crippen LogP contribution in [0.4, 0.5) is 0 Å². The first-order chi connectivity index (χ1) is 16.7. The number of allylic oxidation sites excluding steroid dienone is 4. The minimum Gasteiger partial charge on any atom is -0.481 e. The lowest BCUT2D eigenvalue weighted by Crippen LogP contribution is -2.31. The van der Waals surface area contributed by atoms with Crippen LogP contribution in [0.1, 0.15) is 81.4 Å². The first-order valence-corrected chi connectivity index (χ1v) is 14.0. The van der Waals surface area contributed by atoms with Gasteiger partial charge in [-0.2, -0.15) is 0 Å². The molecule has 3 rings (SSSR count). The zero-order valence-electron chi connectivity index (χ0n) is 20.6. The monoisotopic (exact) mass is 476 g/mol. The average molecular weight is 477 g/mol. The number of aryl methyl sites for hydroxylation is 1. The quantitative estimate of drug-likeness (QED) is 0.247. The van der Waals surface area contributed by atoms with E-state index in [1.807, 2.05) is 6.07 Å². The van der Waals surface area contributed by atoms with Gasteiger partial charge in [0.25, 0.3) is 0 Å². The summed E-state index contributed by atoms with van der Waals surface area (Å²) in [6.45, 7) is 2.27. The molecule has 0 radical (unpaired) electrons. The Kier molecular flexibility index (Phi) is 11.0. The number of carboxylic acid groups (broad SMARTS) is 1. The van der Waals surface area contributed by atoms with Gasteiger partial charge in [0.1, 0.15) is 0 Å². The van der Waals surface area contributed by atoms with E-state index in [0.717, 1.165) is 6.42 Å². The molecule has 0 saturated heterocycles. The van der Waals surface area contributed by atoms with Crippen molar-refractivity contribution in [2.75, 3.05) is 5.75 Å². The second-order valence-corrected chi connectivity index (χ2v) is 10.7. The average Bonchev–Trinajstić information content (AvgIpc) is 3.40. The van der Waals surface area contributed by atoms with Crippen molar-refractivity contribution in [2.45, 2.75) is 75.9 Å². The van der Waals surface area contributed by atoms with Gasteiger partial charge in [-0.25, -0.2) is 0 Å². The minimum atomic E-state index is -0.743. The molecule has 0 saturated carbocycles. The lowest BCUT2D eigenvalue weighted by molar-refractivity contribution is -0.136. The second-order valence-electron chi connectivity index (χ2n) is 9.31. The zero-order chi connectivity index (χ0) is 24.1. The Labute approximate surface area is 210 Å². The first-order valence-electron chi connectivity index (χ1n) is 13.0. The van der Waals surface area contributed by atoms with E-state index in [2.05, 4.69) is 79.8 Å². The van der Waals surface area contributed by atoms with E-state index in [0.29, 0.717) is 5.75 Å². The Hall–Kier alpha value is -2.26. The third-order valence-corrected chi connectivity index (χ3v) is 8.37. The smallest absolute Gasteiger partial charge is 0.304 e. The van der Waals surface area contributed by atoms with E-state index >= 15 is 0 Å². The van der Waals surface area contributed by atoms with Crippen LogP contribution < -0.4 is 0 Å². The highest BCUT2D eigenvalue weighted by molar-refractivity contribution is 8.00. The van der Waals surface area contributed by atoms with E-state index < -0.39 is 5.97 Å². The van der Waals surface area contributed by atoms with E-state index in [1.54, 1.807) is 11.8 Å². The molecule has 2 nitrogen and oxygen atoms in total. The number of aliphatic carboxylic acids is 1. The normalized spacial score (nSPS) is 15.0. The number of carboxylic acids is 1. The first kappa shape index (κ1) is 26.3. The number of hydrogen-bond acceptors (Lipinski definition) is 2. The van der Waals surface area contributed by atoms with Gasteiger partial charge in [-0.3, -0.25) is 4.79 Å². The lowest BCUT2D eigenvalue weighted by atomic mass is 9.80. The highest BCUT2D eigenvalue weighted by atomic mass is 32.2. The maximum Gasteiger partial charge on any atom is 0.304 e. The van der Waals surface area contributed by atoms with Gasteiger partial charge in [-0.05, 0) is 29.5 Å². The van der Waals surface area contributed by atoms with E-state index in [-0.39, 0.29) is 17.1 Å². The maximum absolute atomic E-state index is 11.3. The zero-order valence-corrected chi connectivity index (χ0v) is 21.4. The number of carbonyl (C=O) groups is 1. The second kappa shape index (κ2) is 14.2. The van der Waals surface area contributed by atoms with E-state index in [9.17, 15) is 9.90 Å². The molecular formula is C31H40O2S. The molecule has 2 aromatic rings. The number of unbranched alkanes of at least 4 members (excludes halogenated alkanes) is 7. The summed E-state index contributed by atoms with van der Waals surface area (Å²) in [4.78, 5) is 11.3. The summed E-state index contributed by atoms with van der Waals surface area (Å²) in [5.41, 5.74) is 3.86. The van der Waals surface area contributed by atoms with Gasteiger partial charge in [0, 0.05) is 11.7 Å². The largest absolute Gasteiger partial charge is 0.481 e. The molecule has 1 N–H and O–H groups in total. The number of hydrogen-bond donors (Lipinski definition) is 1. The van der Waals surface area contributed by atoms with E-state index in [1.165, 1.54) is 68.1 Å². The lowest BCUT2D eigenvalue weighted by Gasteiger charge is -2.38. The highest BCUT2D eigenvalue weighted by Crippen LogP contribution is 2.51. The summed E-state index contributed by atoms with van der Waals surface area (Å²) in [6.07, 6.45) is 20.7. The summed E-state index contributed by atoms with van der Waals surface area (Å²) >= 11 is 1.76. The van der Waals surface area contributed by atoms with Crippen molar-refractivity contribution in [1.82, 2.24) is 0 Å². The molecular weight excluding hydrogens is 436 g/mol. The SMILES string of the molecule is CCCCCCCCCCc1ccc(C(SCCC(=O)O)(c2ccccc2)C2C=CC=C2)cc1. The topological polar surface area (TPSA) is 37.3 Å². The molecule has 0 spiro atoms. The molecule has 0 heterocycles. The molecule has 3 heteroatoms. The van der Waals surface area contributed by atoms with Gasteiger partial charge >= 0.3 is 5.97 Å². The number of thioether (sulfide) groups is 1. The van der Waals surface area contributed by atoms with Gasteiger partial charge < -0.3 is 5.11 Å². The molecule has 1 atom stereocenters. The molecule has 1 unspecified atom stereocenters. The standard InChI is InChI=1S/C31H40O2S/c1-2-3-4-5-6-7-8-10-15-26-20-22-29(23-21-26)31(28-18-13-14-19-28,34-25-24-30(32)33)27-16-11-9-12-17-27/h9,11-14,16-23,28H,2-8,10,15,24-25H2,1H3,(H,32,33). The van der Waals surface area contributed by atoms with Crippen LogP contribution in [0.2, 0.25) is 0 Å². The molecule has 1 aliphatic carbocycles.